The topological polar surface area (TPSA) is 113 Å². The maximum atomic E-state index is 11.5. The zero-order chi connectivity index (χ0) is 16.7. The molecule has 0 aliphatic carbocycles. The molecule has 2 rings (SSSR count). The summed E-state index contributed by atoms with van der Waals surface area (Å²) in [5, 5.41) is 15.6. The highest BCUT2D eigenvalue weighted by molar-refractivity contribution is 5.94. The van der Waals surface area contributed by atoms with Crippen LogP contribution in [0.3, 0.4) is 0 Å². The number of amides is 2. The summed E-state index contributed by atoms with van der Waals surface area (Å²) in [7, 11) is 1.43. The summed E-state index contributed by atoms with van der Waals surface area (Å²) in [6, 6.07) is 7.68. The van der Waals surface area contributed by atoms with Crippen molar-refractivity contribution >= 4 is 18.0 Å². The van der Waals surface area contributed by atoms with Crippen molar-refractivity contribution in [3.05, 3.63) is 47.9 Å². The number of ether oxygens (including phenoxy) is 1. The van der Waals surface area contributed by atoms with Gasteiger partial charge in [-0.15, -0.1) is 0 Å². The zero-order valence-electron chi connectivity index (χ0n) is 12.3. The molecule has 23 heavy (non-hydrogen) atoms. The van der Waals surface area contributed by atoms with Crippen molar-refractivity contribution in [2.75, 3.05) is 13.7 Å². The van der Waals surface area contributed by atoms with Crippen molar-refractivity contribution in [1.82, 2.24) is 10.7 Å². The predicted molar refractivity (Wildman–Crippen MR) is 81.4 cm³/mol. The van der Waals surface area contributed by atoms with Crippen molar-refractivity contribution in [2.45, 2.75) is 0 Å². The Balaban J connectivity index is 1.81. The lowest BCUT2D eigenvalue weighted by Crippen LogP contribution is -2.34. The largest absolute Gasteiger partial charge is 0.504 e. The summed E-state index contributed by atoms with van der Waals surface area (Å²) in [5.74, 6) is -0.554. The predicted octanol–water partition coefficient (Wildman–Crippen LogP) is 0.874. The lowest BCUT2D eigenvalue weighted by Gasteiger charge is -2.04. The Morgan fingerprint density at radius 2 is 2.22 bits per heavy atom. The lowest BCUT2D eigenvalue weighted by molar-refractivity contribution is -0.120. The number of hydrogen-bond acceptors (Lipinski definition) is 6. The van der Waals surface area contributed by atoms with E-state index >= 15 is 0 Å². The van der Waals surface area contributed by atoms with Gasteiger partial charge in [0.05, 0.1) is 26.1 Å². The van der Waals surface area contributed by atoms with E-state index in [2.05, 4.69) is 15.8 Å². The minimum Gasteiger partial charge on any atom is -0.504 e. The molecule has 3 N–H and O–H groups in total. The first kappa shape index (κ1) is 16.1. The van der Waals surface area contributed by atoms with E-state index in [0.717, 1.165) is 0 Å². The second-order valence-electron chi connectivity index (χ2n) is 4.38. The van der Waals surface area contributed by atoms with E-state index < -0.39 is 11.8 Å². The van der Waals surface area contributed by atoms with Crippen molar-refractivity contribution in [3.63, 3.8) is 0 Å². The van der Waals surface area contributed by atoms with Gasteiger partial charge in [-0.05, 0) is 35.9 Å². The monoisotopic (exact) mass is 317 g/mol. The Bertz CT molecular complexity index is 710. The molecule has 0 radical (unpaired) electrons. The van der Waals surface area contributed by atoms with Crippen LogP contribution in [0.1, 0.15) is 16.1 Å². The number of aromatic hydroxyl groups is 1. The molecule has 1 aromatic heterocycles. The second kappa shape index (κ2) is 7.64. The Kier molecular flexibility index (Phi) is 5.35. The number of nitrogens with one attached hydrogen (secondary N) is 2. The number of benzene rings is 1. The lowest BCUT2D eigenvalue weighted by atomic mass is 10.2. The fourth-order valence-electron chi connectivity index (χ4n) is 1.65. The Labute approximate surface area is 131 Å². The number of phenols is 1. The van der Waals surface area contributed by atoms with E-state index in [1.807, 2.05) is 0 Å². The van der Waals surface area contributed by atoms with Gasteiger partial charge in [-0.25, -0.2) is 5.43 Å². The Morgan fingerprint density at radius 1 is 1.39 bits per heavy atom. The van der Waals surface area contributed by atoms with E-state index in [-0.39, 0.29) is 18.1 Å². The molecule has 1 heterocycles. The van der Waals surface area contributed by atoms with Crippen LogP contribution in [0, 0.1) is 0 Å². The third-order valence-electron chi connectivity index (χ3n) is 2.76. The molecular formula is C15H15N3O5. The molecular weight excluding hydrogens is 302 g/mol. The summed E-state index contributed by atoms with van der Waals surface area (Å²) in [4.78, 5) is 23.1. The number of methoxy groups -OCH3 is 1. The third-order valence-corrected chi connectivity index (χ3v) is 2.76. The summed E-state index contributed by atoms with van der Waals surface area (Å²) in [5.41, 5.74) is 2.89. The highest BCUT2D eigenvalue weighted by atomic mass is 16.5. The molecule has 120 valence electrons. The normalized spacial score (nSPS) is 10.5. The molecule has 8 heteroatoms. The molecule has 0 atom stereocenters. The van der Waals surface area contributed by atoms with Crippen molar-refractivity contribution < 1.29 is 23.8 Å². The van der Waals surface area contributed by atoms with Crippen LogP contribution in [0.25, 0.3) is 0 Å². The molecule has 2 aromatic rings. The molecule has 0 aliphatic rings. The summed E-state index contributed by atoms with van der Waals surface area (Å²) in [6.07, 6.45) is 2.75. The zero-order valence-corrected chi connectivity index (χ0v) is 12.3. The van der Waals surface area contributed by atoms with Crippen molar-refractivity contribution in [1.29, 1.82) is 0 Å². The molecule has 2 amide bonds. The van der Waals surface area contributed by atoms with Gasteiger partial charge >= 0.3 is 0 Å². The van der Waals surface area contributed by atoms with Crippen molar-refractivity contribution in [2.24, 2.45) is 5.10 Å². The highest BCUT2D eigenvalue weighted by Gasteiger charge is 2.09. The standard InChI is InChI=1S/C15H15N3O5/c1-22-13-7-10(4-5-11(13)19)8-17-18-14(20)9-16-15(21)12-3-2-6-23-12/h2-8,19H,9H2,1H3,(H,16,21)(H,18,20)/b17-8+. The molecule has 0 spiro atoms. The average Bonchev–Trinajstić information content (AvgIpc) is 3.08. The van der Waals surface area contributed by atoms with Crippen molar-refractivity contribution in [3.8, 4) is 11.5 Å². The Morgan fingerprint density at radius 3 is 2.91 bits per heavy atom. The number of hydrazone groups is 1. The molecule has 0 bridgehead atoms. The van der Waals surface area contributed by atoms with Crippen LogP contribution in [-0.2, 0) is 4.79 Å². The minimum absolute atomic E-state index is 0.00863. The van der Waals surface area contributed by atoms with Gasteiger partial charge in [0.1, 0.15) is 0 Å². The first-order chi connectivity index (χ1) is 11.1. The molecule has 0 saturated carbocycles. The smallest absolute Gasteiger partial charge is 0.287 e. The van der Waals surface area contributed by atoms with Crippen LogP contribution in [-0.4, -0.2) is 36.8 Å². The van der Waals surface area contributed by atoms with E-state index in [1.54, 1.807) is 18.2 Å². The van der Waals surface area contributed by atoms with Gasteiger partial charge in [0.25, 0.3) is 11.8 Å². The summed E-state index contributed by atoms with van der Waals surface area (Å²) in [6.45, 7) is -0.240. The molecule has 8 nitrogen and oxygen atoms in total. The highest BCUT2D eigenvalue weighted by Crippen LogP contribution is 2.25. The van der Waals surface area contributed by atoms with Crippen LogP contribution < -0.4 is 15.5 Å². The van der Waals surface area contributed by atoms with Gasteiger partial charge in [-0.2, -0.15) is 5.10 Å². The van der Waals surface area contributed by atoms with Crippen LogP contribution in [0.15, 0.2) is 46.1 Å². The summed E-state index contributed by atoms with van der Waals surface area (Å²) < 4.78 is 9.85. The van der Waals surface area contributed by atoms with Gasteiger partial charge < -0.3 is 19.6 Å². The van der Waals surface area contributed by atoms with Gasteiger partial charge in [-0.1, -0.05) is 0 Å². The first-order valence-corrected chi connectivity index (χ1v) is 6.61. The first-order valence-electron chi connectivity index (χ1n) is 6.61. The van der Waals surface area contributed by atoms with Crippen LogP contribution in [0.2, 0.25) is 0 Å². The van der Waals surface area contributed by atoms with E-state index in [1.165, 1.54) is 31.7 Å². The molecule has 0 saturated heterocycles. The maximum Gasteiger partial charge on any atom is 0.287 e. The minimum atomic E-state index is -0.494. The number of carbonyl (C=O) groups is 2. The number of phenolic OH excluding ortho intramolecular Hbond substituents is 1. The fourth-order valence-corrected chi connectivity index (χ4v) is 1.65. The van der Waals surface area contributed by atoms with E-state index in [0.29, 0.717) is 11.3 Å². The fraction of sp³-hybridized carbons (Fsp3) is 0.133. The van der Waals surface area contributed by atoms with E-state index in [9.17, 15) is 14.7 Å². The number of furan rings is 1. The summed E-state index contributed by atoms with van der Waals surface area (Å²) >= 11 is 0. The van der Waals surface area contributed by atoms with Gasteiger partial charge in [0, 0.05) is 0 Å². The van der Waals surface area contributed by atoms with Crippen LogP contribution in [0.5, 0.6) is 11.5 Å². The molecule has 0 aliphatic heterocycles. The number of rotatable bonds is 6. The average molecular weight is 317 g/mol. The molecule has 0 fully saturated rings. The van der Waals surface area contributed by atoms with Crippen LogP contribution in [0.4, 0.5) is 0 Å². The number of carbonyl (C=O) groups excluding carboxylic acids is 2. The third kappa shape index (κ3) is 4.60. The van der Waals surface area contributed by atoms with E-state index in [4.69, 9.17) is 9.15 Å². The quantitative estimate of drug-likeness (QED) is 0.540. The SMILES string of the molecule is COc1cc(/C=N/NC(=O)CNC(=O)c2ccco2)ccc1O. The number of hydrogen-bond donors (Lipinski definition) is 3. The van der Waals surface area contributed by atoms with Gasteiger partial charge in [0.15, 0.2) is 17.3 Å². The van der Waals surface area contributed by atoms with Crippen LogP contribution >= 0.6 is 0 Å². The maximum absolute atomic E-state index is 11.5. The van der Waals surface area contributed by atoms with Gasteiger partial charge in [-0.3, -0.25) is 9.59 Å². The molecule has 0 unspecified atom stereocenters. The second-order valence-corrected chi connectivity index (χ2v) is 4.38. The van der Waals surface area contributed by atoms with Gasteiger partial charge in [0.2, 0.25) is 0 Å². The Hall–Kier alpha value is -3.29. The molecule has 1 aromatic carbocycles. The number of nitrogens with zero attached hydrogens (tertiary/aromatic N) is 1.